The van der Waals surface area contributed by atoms with Crippen LogP contribution in [0.5, 0.6) is 0 Å². The minimum Gasteiger partial charge on any atom is -0.334 e. The molecule has 0 aliphatic heterocycles. The molecule has 0 aliphatic carbocycles. The van der Waals surface area contributed by atoms with Crippen molar-refractivity contribution in [1.29, 1.82) is 0 Å². The second-order valence-electron chi connectivity index (χ2n) is 4.30. The van der Waals surface area contributed by atoms with E-state index in [4.69, 9.17) is 10.3 Å². The second kappa shape index (κ2) is 4.86. The summed E-state index contributed by atoms with van der Waals surface area (Å²) >= 11 is 0. The molecule has 2 aromatic rings. The van der Waals surface area contributed by atoms with E-state index < -0.39 is 5.54 Å². The SMILES string of the molecule is CCC(N)(CC)c1noc(-c2cccc(F)c2)n1. The Hall–Kier alpha value is -1.75. The minimum atomic E-state index is -0.588. The average Bonchev–Trinajstić information content (AvgIpc) is 2.88. The highest BCUT2D eigenvalue weighted by atomic mass is 19.1. The zero-order chi connectivity index (χ0) is 13.2. The predicted octanol–water partition coefficient (Wildman–Crippen LogP) is 2.85. The van der Waals surface area contributed by atoms with Crippen molar-refractivity contribution in [1.82, 2.24) is 10.1 Å². The first-order chi connectivity index (χ1) is 8.59. The third-order valence-electron chi connectivity index (χ3n) is 3.20. The molecule has 0 unspecified atom stereocenters. The number of halogens is 1. The van der Waals surface area contributed by atoms with Gasteiger partial charge in [0.15, 0.2) is 5.82 Å². The van der Waals surface area contributed by atoms with Gasteiger partial charge in [0, 0.05) is 5.56 Å². The van der Waals surface area contributed by atoms with E-state index in [0.717, 1.165) is 0 Å². The molecule has 0 atom stereocenters. The lowest BCUT2D eigenvalue weighted by Gasteiger charge is -2.21. The van der Waals surface area contributed by atoms with Gasteiger partial charge < -0.3 is 10.3 Å². The Morgan fingerprint density at radius 3 is 2.67 bits per heavy atom. The van der Waals surface area contributed by atoms with Crippen LogP contribution in [0, 0.1) is 5.82 Å². The molecule has 4 nitrogen and oxygen atoms in total. The highest BCUT2D eigenvalue weighted by Crippen LogP contribution is 2.26. The number of rotatable bonds is 4. The van der Waals surface area contributed by atoms with Crippen LogP contribution in [0.1, 0.15) is 32.5 Å². The molecule has 0 amide bonds. The van der Waals surface area contributed by atoms with Crippen molar-refractivity contribution in [3.63, 3.8) is 0 Å². The third kappa shape index (κ3) is 2.26. The summed E-state index contributed by atoms with van der Waals surface area (Å²) in [6, 6.07) is 6.04. The van der Waals surface area contributed by atoms with Gasteiger partial charge in [-0.1, -0.05) is 25.1 Å². The minimum absolute atomic E-state index is 0.293. The number of hydrogen-bond acceptors (Lipinski definition) is 4. The van der Waals surface area contributed by atoms with Gasteiger partial charge in [0.25, 0.3) is 5.89 Å². The summed E-state index contributed by atoms with van der Waals surface area (Å²) < 4.78 is 18.3. The molecule has 1 aromatic carbocycles. The van der Waals surface area contributed by atoms with Crippen molar-refractivity contribution in [3.05, 3.63) is 35.9 Å². The summed E-state index contributed by atoms with van der Waals surface area (Å²) in [6.07, 6.45) is 1.43. The summed E-state index contributed by atoms with van der Waals surface area (Å²) in [7, 11) is 0. The Labute approximate surface area is 105 Å². The molecule has 0 radical (unpaired) electrons. The van der Waals surface area contributed by atoms with E-state index in [1.54, 1.807) is 12.1 Å². The molecule has 0 fully saturated rings. The Bertz CT molecular complexity index is 535. The second-order valence-corrected chi connectivity index (χ2v) is 4.30. The number of aromatic nitrogens is 2. The summed E-state index contributed by atoms with van der Waals surface area (Å²) in [5, 5.41) is 3.90. The fraction of sp³-hybridized carbons (Fsp3) is 0.385. The first-order valence-corrected chi connectivity index (χ1v) is 5.98. The maximum Gasteiger partial charge on any atom is 0.258 e. The molecule has 2 N–H and O–H groups in total. The Balaban J connectivity index is 2.36. The molecule has 96 valence electrons. The molecular weight excluding hydrogens is 233 g/mol. The largest absolute Gasteiger partial charge is 0.334 e. The topological polar surface area (TPSA) is 64.9 Å². The normalized spacial score (nSPS) is 11.8. The molecule has 5 heteroatoms. The standard InChI is InChI=1S/C13H16FN3O/c1-3-13(15,4-2)12-16-11(18-17-12)9-6-5-7-10(14)8-9/h5-8H,3-4,15H2,1-2H3. The maximum atomic E-state index is 13.1. The van der Waals surface area contributed by atoms with Crippen LogP contribution in [-0.4, -0.2) is 10.1 Å². The van der Waals surface area contributed by atoms with Crippen molar-refractivity contribution < 1.29 is 8.91 Å². The number of hydrogen-bond donors (Lipinski definition) is 1. The predicted molar refractivity (Wildman–Crippen MR) is 66.1 cm³/mol. The average molecular weight is 249 g/mol. The van der Waals surface area contributed by atoms with Crippen LogP contribution in [-0.2, 0) is 5.54 Å². The zero-order valence-corrected chi connectivity index (χ0v) is 10.5. The monoisotopic (exact) mass is 249 g/mol. The third-order valence-corrected chi connectivity index (χ3v) is 3.20. The summed E-state index contributed by atoms with van der Waals surface area (Å²) in [4.78, 5) is 4.27. The quantitative estimate of drug-likeness (QED) is 0.904. The Kier molecular flexibility index (Phi) is 3.43. The van der Waals surface area contributed by atoms with E-state index in [-0.39, 0.29) is 5.82 Å². The van der Waals surface area contributed by atoms with Gasteiger partial charge in [0.05, 0.1) is 5.54 Å². The lowest BCUT2D eigenvalue weighted by Crippen LogP contribution is -2.36. The van der Waals surface area contributed by atoms with Gasteiger partial charge >= 0.3 is 0 Å². The molecule has 18 heavy (non-hydrogen) atoms. The van der Waals surface area contributed by atoms with Gasteiger partial charge in [-0.25, -0.2) is 4.39 Å². The first kappa shape index (κ1) is 12.7. The summed E-state index contributed by atoms with van der Waals surface area (Å²) in [6.45, 7) is 3.95. The molecule has 1 aromatic heterocycles. The summed E-state index contributed by atoms with van der Waals surface area (Å²) in [5.74, 6) is 0.422. The number of nitrogens with two attached hydrogens (primary N) is 1. The van der Waals surface area contributed by atoms with Crippen molar-refractivity contribution in [2.24, 2.45) is 5.73 Å². The zero-order valence-electron chi connectivity index (χ0n) is 10.5. The van der Waals surface area contributed by atoms with Crippen molar-refractivity contribution in [3.8, 4) is 11.5 Å². The van der Waals surface area contributed by atoms with Crippen LogP contribution in [0.25, 0.3) is 11.5 Å². The van der Waals surface area contributed by atoms with Crippen LogP contribution in [0.2, 0.25) is 0 Å². The van der Waals surface area contributed by atoms with Gasteiger partial charge in [-0.05, 0) is 31.0 Å². The van der Waals surface area contributed by atoms with Crippen LogP contribution in [0.3, 0.4) is 0 Å². The van der Waals surface area contributed by atoms with E-state index >= 15 is 0 Å². The van der Waals surface area contributed by atoms with Crippen LogP contribution in [0.15, 0.2) is 28.8 Å². The van der Waals surface area contributed by atoms with Gasteiger partial charge in [-0.3, -0.25) is 0 Å². The Morgan fingerprint density at radius 2 is 2.06 bits per heavy atom. The fourth-order valence-electron chi connectivity index (χ4n) is 1.73. The molecule has 0 spiro atoms. The first-order valence-electron chi connectivity index (χ1n) is 5.98. The van der Waals surface area contributed by atoms with Crippen molar-refractivity contribution in [2.45, 2.75) is 32.2 Å². The maximum absolute atomic E-state index is 13.1. The van der Waals surface area contributed by atoms with Crippen LogP contribution in [0.4, 0.5) is 4.39 Å². The van der Waals surface area contributed by atoms with Crippen LogP contribution < -0.4 is 5.73 Å². The lowest BCUT2D eigenvalue weighted by atomic mass is 9.93. The van der Waals surface area contributed by atoms with Gasteiger partial charge in [0.1, 0.15) is 5.82 Å². The molecule has 0 saturated carbocycles. The number of benzene rings is 1. The molecule has 0 bridgehead atoms. The van der Waals surface area contributed by atoms with E-state index in [2.05, 4.69) is 10.1 Å². The summed E-state index contributed by atoms with van der Waals surface area (Å²) in [5.41, 5.74) is 6.15. The fourth-order valence-corrected chi connectivity index (χ4v) is 1.73. The van der Waals surface area contributed by atoms with Crippen molar-refractivity contribution >= 4 is 0 Å². The van der Waals surface area contributed by atoms with Gasteiger partial charge in [-0.15, -0.1) is 0 Å². The Morgan fingerprint density at radius 1 is 1.33 bits per heavy atom. The van der Waals surface area contributed by atoms with E-state index in [1.165, 1.54) is 12.1 Å². The van der Waals surface area contributed by atoms with E-state index in [1.807, 2.05) is 13.8 Å². The molecule has 2 rings (SSSR count). The van der Waals surface area contributed by atoms with Gasteiger partial charge in [0.2, 0.25) is 0 Å². The lowest BCUT2D eigenvalue weighted by molar-refractivity contribution is 0.350. The molecule has 0 aliphatic rings. The number of nitrogens with zero attached hydrogens (tertiary/aromatic N) is 2. The van der Waals surface area contributed by atoms with E-state index in [9.17, 15) is 4.39 Å². The van der Waals surface area contributed by atoms with E-state index in [0.29, 0.717) is 30.1 Å². The molecule has 1 heterocycles. The highest BCUT2D eigenvalue weighted by molar-refractivity contribution is 5.52. The highest BCUT2D eigenvalue weighted by Gasteiger charge is 2.29. The van der Waals surface area contributed by atoms with Gasteiger partial charge in [-0.2, -0.15) is 4.98 Å². The smallest absolute Gasteiger partial charge is 0.258 e. The molecule has 0 saturated heterocycles. The van der Waals surface area contributed by atoms with Crippen molar-refractivity contribution in [2.75, 3.05) is 0 Å². The van der Waals surface area contributed by atoms with Crippen LogP contribution >= 0.6 is 0 Å². The molecular formula is C13H16FN3O.